The fraction of sp³-hybridized carbons (Fsp3) is 0.700. The van der Waals surface area contributed by atoms with Gasteiger partial charge in [0.05, 0.1) is 6.04 Å². The number of aliphatic imine (C=N–C) groups is 1. The maximum Gasteiger partial charge on any atom is 0.316 e. The SMILES string of the molecule is CC(N=C1NC(=O)C(=O)N1)C1CCOCC1. The number of carbonyl (C=O) groups is 2. The van der Waals surface area contributed by atoms with Crippen molar-refractivity contribution in [3.63, 3.8) is 0 Å². The molecule has 0 aliphatic carbocycles. The zero-order valence-corrected chi connectivity index (χ0v) is 9.16. The van der Waals surface area contributed by atoms with E-state index >= 15 is 0 Å². The Kier molecular flexibility index (Phi) is 3.19. The maximum atomic E-state index is 10.9. The van der Waals surface area contributed by atoms with Gasteiger partial charge < -0.3 is 4.74 Å². The number of hydrogen-bond acceptors (Lipinski definition) is 4. The number of hydrogen-bond donors (Lipinski definition) is 2. The summed E-state index contributed by atoms with van der Waals surface area (Å²) in [6.45, 7) is 3.51. The molecule has 1 unspecified atom stereocenters. The highest BCUT2D eigenvalue weighted by molar-refractivity contribution is 6.45. The van der Waals surface area contributed by atoms with Crippen LogP contribution in [0.4, 0.5) is 0 Å². The van der Waals surface area contributed by atoms with Gasteiger partial charge in [0.2, 0.25) is 5.96 Å². The minimum Gasteiger partial charge on any atom is -0.381 e. The molecule has 2 aliphatic rings. The van der Waals surface area contributed by atoms with E-state index in [-0.39, 0.29) is 12.0 Å². The summed E-state index contributed by atoms with van der Waals surface area (Å²) in [5.41, 5.74) is 0. The molecule has 0 radical (unpaired) electrons. The van der Waals surface area contributed by atoms with E-state index in [2.05, 4.69) is 15.6 Å². The fourth-order valence-corrected chi connectivity index (χ4v) is 1.93. The van der Waals surface area contributed by atoms with Crippen LogP contribution in [-0.4, -0.2) is 37.0 Å². The van der Waals surface area contributed by atoms with Crippen molar-refractivity contribution in [3.8, 4) is 0 Å². The molecule has 0 saturated carbocycles. The maximum absolute atomic E-state index is 10.9. The second-order valence-corrected chi connectivity index (χ2v) is 4.08. The summed E-state index contributed by atoms with van der Waals surface area (Å²) < 4.78 is 5.27. The molecule has 0 aromatic rings. The normalized spacial score (nSPS) is 23.9. The summed E-state index contributed by atoms with van der Waals surface area (Å²) >= 11 is 0. The van der Waals surface area contributed by atoms with Crippen molar-refractivity contribution in [2.45, 2.75) is 25.8 Å². The number of nitrogens with one attached hydrogen (secondary N) is 2. The van der Waals surface area contributed by atoms with Crippen molar-refractivity contribution < 1.29 is 14.3 Å². The molecule has 88 valence electrons. The van der Waals surface area contributed by atoms with Crippen LogP contribution in [-0.2, 0) is 14.3 Å². The third kappa shape index (κ3) is 2.38. The van der Waals surface area contributed by atoms with Gasteiger partial charge in [0.15, 0.2) is 0 Å². The van der Waals surface area contributed by atoms with Gasteiger partial charge in [-0.25, -0.2) is 4.99 Å². The lowest BCUT2D eigenvalue weighted by molar-refractivity contribution is -0.135. The molecule has 2 N–H and O–H groups in total. The van der Waals surface area contributed by atoms with Crippen molar-refractivity contribution in [2.75, 3.05) is 13.2 Å². The van der Waals surface area contributed by atoms with Crippen LogP contribution in [0.15, 0.2) is 4.99 Å². The first-order valence-electron chi connectivity index (χ1n) is 5.44. The van der Waals surface area contributed by atoms with Crippen LogP contribution >= 0.6 is 0 Å². The molecule has 2 aliphatic heterocycles. The summed E-state index contributed by atoms with van der Waals surface area (Å²) in [6.07, 6.45) is 1.94. The van der Waals surface area contributed by atoms with E-state index in [0.29, 0.717) is 5.92 Å². The highest BCUT2D eigenvalue weighted by atomic mass is 16.5. The van der Waals surface area contributed by atoms with Crippen LogP contribution in [0.5, 0.6) is 0 Å². The average molecular weight is 225 g/mol. The van der Waals surface area contributed by atoms with Crippen molar-refractivity contribution in [3.05, 3.63) is 0 Å². The smallest absolute Gasteiger partial charge is 0.316 e. The summed E-state index contributed by atoms with van der Waals surface area (Å²) in [6, 6.07) is 0.0811. The molecular weight excluding hydrogens is 210 g/mol. The van der Waals surface area contributed by atoms with Crippen molar-refractivity contribution in [1.82, 2.24) is 10.6 Å². The quantitative estimate of drug-likeness (QED) is 0.616. The Hall–Kier alpha value is -1.43. The number of carbonyl (C=O) groups excluding carboxylic acids is 2. The van der Waals surface area contributed by atoms with E-state index in [4.69, 9.17) is 4.74 Å². The molecule has 16 heavy (non-hydrogen) atoms. The molecular formula is C10H15N3O3. The lowest BCUT2D eigenvalue weighted by Gasteiger charge is -2.25. The Morgan fingerprint density at radius 1 is 1.25 bits per heavy atom. The van der Waals surface area contributed by atoms with Gasteiger partial charge in [0, 0.05) is 13.2 Å². The second-order valence-electron chi connectivity index (χ2n) is 4.08. The van der Waals surface area contributed by atoms with Crippen LogP contribution in [0, 0.1) is 5.92 Å². The summed E-state index contributed by atoms with van der Waals surface area (Å²) in [5.74, 6) is -0.555. The summed E-state index contributed by atoms with van der Waals surface area (Å²) in [5, 5.41) is 4.79. The van der Waals surface area contributed by atoms with Gasteiger partial charge in [-0.15, -0.1) is 0 Å². The molecule has 6 heteroatoms. The lowest BCUT2D eigenvalue weighted by atomic mass is 9.93. The van der Waals surface area contributed by atoms with E-state index < -0.39 is 11.8 Å². The van der Waals surface area contributed by atoms with Gasteiger partial charge in [0.1, 0.15) is 0 Å². The van der Waals surface area contributed by atoms with Gasteiger partial charge in [-0.05, 0) is 25.7 Å². The van der Waals surface area contributed by atoms with Crippen molar-refractivity contribution in [1.29, 1.82) is 0 Å². The zero-order chi connectivity index (χ0) is 11.5. The minimum atomic E-state index is -0.641. The largest absolute Gasteiger partial charge is 0.381 e. The molecule has 6 nitrogen and oxygen atoms in total. The molecule has 0 aromatic heterocycles. The average Bonchev–Trinajstić information content (AvgIpc) is 2.59. The molecule has 0 bridgehead atoms. The molecule has 2 rings (SSSR count). The first-order chi connectivity index (χ1) is 7.66. The number of guanidine groups is 1. The monoisotopic (exact) mass is 225 g/mol. The van der Waals surface area contributed by atoms with E-state index in [1.165, 1.54) is 0 Å². The number of nitrogens with zero attached hydrogens (tertiary/aromatic N) is 1. The van der Waals surface area contributed by atoms with E-state index in [9.17, 15) is 9.59 Å². The second kappa shape index (κ2) is 4.61. The predicted octanol–water partition coefficient (Wildman–Crippen LogP) is -0.597. The molecule has 1 atom stereocenters. The third-order valence-electron chi connectivity index (χ3n) is 2.95. The Bertz CT molecular complexity index is 316. The first kappa shape index (κ1) is 11.1. The molecule has 0 aromatic carbocycles. The van der Waals surface area contributed by atoms with Gasteiger partial charge in [-0.1, -0.05) is 0 Å². The Balaban J connectivity index is 1.95. The molecule has 2 saturated heterocycles. The minimum absolute atomic E-state index is 0.0811. The van der Waals surface area contributed by atoms with Crippen molar-refractivity contribution in [2.24, 2.45) is 10.9 Å². The van der Waals surface area contributed by atoms with Crippen LogP contribution in [0.1, 0.15) is 19.8 Å². The predicted molar refractivity (Wildman–Crippen MR) is 56.7 cm³/mol. The molecule has 2 amide bonds. The van der Waals surface area contributed by atoms with Gasteiger partial charge in [0.25, 0.3) is 0 Å². The Morgan fingerprint density at radius 2 is 1.81 bits per heavy atom. The molecule has 2 fully saturated rings. The van der Waals surface area contributed by atoms with Gasteiger partial charge in [-0.3, -0.25) is 20.2 Å². The number of rotatable bonds is 2. The van der Waals surface area contributed by atoms with Crippen LogP contribution in [0.2, 0.25) is 0 Å². The van der Waals surface area contributed by atoms with Crippen LogP contribution in [0.25, 0.3) is 0 Å². The third-order valence-corrected chi connectivity index (χ3v) is 2.95. The van der Waals surface area contributed by atoms with Crippen LogP contribution in [0.3, 0.4) is 0 Å². The van der Waals surface area contributed by atoms with Crippen molar-refractivity contribution >= 4 is 17.8 Å². The number of ether oxygens (including phenoxy) is 1. The van der Waals surface area contributed by atoms with E-state index in [1.807, 2.05) is 6.92 Å². The molecule has 2 heterocycles. The van der Waals surface area contributed by atoms with E-state index in [1.54, 1.807) is 0 Å². The Morgan fingerprint density at radius 3 is 2.38 bits per heavy atom. The van der Waals surface area contributed by atoms with E-state index in [0.717, 1.165) is 26.1 Å². The lowest BCUT2D eigenvalue weighted by Crippen LogP contribution is -2.31. The topological polar surface area (TPSA) is 79.8 Å². The standard InChI is InChI=1S/C10H15N3O3/c1-6(7-2-4-16-5-3-7)11-10-12-8(14)9(15)13-10/h6-7H,2-5H2,1H3,(H2,11,12,13,14,15). The zero-order valence-electron chi connectivity index (χ0n) is 9.16. The van der Waals surface area contributed by atoms with Gasteiger partial charge in [-0.2, -0.15) is 0 Å². The highest BCUT2D eigenvalue weighted by Gasteiger charge is 2.27. The first-order valence-corrected chi connectivity index (χ1v) is 5.44. The Labute approximate surface area is 93.4 Å². The number of amides is 2. The fourth-order valence-electron chi connectivity index (χ4n) is 1.93. The summed E-state index contributed by atoms with van der Waals surface area (Å²) in [4.78, 5) is 26.1. The summed E-state index contributed by atoms with van der Waals surface area (Å²) in [7, 11) is 0. The van der Waals surface area contributed by atoms with Crippen LogP contribution < -0.4 is 10.6 Å². The highest BCUT2D eigenvalue weighted by Crippen LogP contribution is 2.20. The molecule has 0 spiro atoms. The van der Waals surface area contributed by atoms with Gasteiger partial charge >= 0.3 is 11.8 Å².